The Bertz CT molecular complexity index is 377. The summed E-state index contributed by atoms with van der Waals surface area (Å²) in [6, 6.07) is 5.21. The fraction of sp³-hybridized carbons (Fsp3) is 0.455. The van der Waals surface area contributed by atoms with Crippen LogP contribution >= 0.6 is 0 Å². The predicted molar refractivity (Wildman–Crippen MR) is 66.0 cm³/mol. The molecule has 1 aromatic carbocycles. The lowest BCUT2D eigenvalue weighted by molar-refractivity contribution is -0.383. The molecule has 0 fully saturated rings. The molecule has 88 valence electrons. The molecule has 0 aromatic heterocycles. The van der Waals surface area contributed by atoms with Crippen molar-refractivity contribution in [3.8, 4) is 0 Å². The summed E-state index contributed by atoms with van der Waals surface area (Å²) in [6.45, 7) is 4.83. The van der Waals surface area contributed by atoms with Crippen molar-refractivity contribution >= 4 is 17.1 Å². The number of nitrogens with zero attached hydrogens (tertiary/aromatic N) is 1. The lowest BCUT2D eigenvalue weighted by Crippen LogP contribution is -2.10. The molecule has 16 heavy (non-hydrogen) atoms. The second-order valence-corrected chi connectivity index (χ2v) is 3.98. The molecule has 0 aliphatic heterocycles. The Morgan fingerprint density at radius 1 is 1.38 bits per heavy atom. The fourth-order valence-corrected chi connectivity index (χ4v) is 1.40. The third-order valence-electron chi connectivity index (χ3n) is 2.19. The van der Waals surface area contributed by atoms with Crippen molar-refractivity contribution in [1.82, 2.24) is 0 Å². The number of nitrogens with one attached hydrogen (secondary N) is 2. The van der Waals surface area contributed by atoms with E-state index >= 15 is 0 Å². The number of hydrogen-bond acceptors (Lipinski definition) is 4. The van der Waals surface area contributed by atoms with Crippen molar-refractivity contribution in [2.24, 2.45) is 5.92 Å². The van der Waals surface area contributed by atoms with Gasteiger partial charge in [0.15, 0.2) is 0 Å². The summed E-state index contributed by atoms with van der Waals surface area (Å²) >= 11 is 0. The molecule has 0 saturated carbocycles. The lowest BCUT2D eigenvalue weighted by Gasteiger charge is -2.11. The van der Waals surface area contributed by atoms with Crippen LogP contribution < -0.4 is 10.6 Å². The Morgan fingerprint density at radius 2 is 2.00 bits per heavy atom. The SMILES string of the molecule is CNc1cccc(NCC(C)C)c1[N+](=O)[O-]. The number of nitro groups is 1. The third-order valence-corrected chi connectivity index (χ3v) is 2.19. The van der Waals surface area contributed by atoms with Crippen LogP contribution in [-0.2, 0) is 0 Å². The van der Waals surface area contributed by atoms with E-state index in [9.17, 15) is 10.1 Å². The van der Waals surface area contributed by atoms with Gasteiger partial charge in [0.25, 0.3) is 0 Å². The van der Waals surface area contributed by atoms with Crippen LogP contribution in [0.1, 0.15) is 13.8 Å². The summed E-state index contributed by atoms with van der Waals surface area (Å²) < 4.78 is 0. The monoisotopic (exact) mass is 223 g/mol. The molecule has 0 unspecified atom stereocenters. The Balaban J connectivity index is 3.02. The molecule has 0 spiro atoms. The van der Waals surface area contributed by atoms with E-state index in [1.54, 1.807) is 25.2 Å². The van der Waals surface area contributed by atoms with E-state index in [1.807, 2.05) is 0 Å². The van der Waals surface area contributed by atoms with Gasteiger partial charge in [-0.1, -0.05) is 19.9 Å². The third kappa shape index (κ3) is 2.85. The largest absolute Gasteiger partial charge is 0.382 e. The van der Waals surface area contributed by atoms with Crippen LogP contribution in [0, 0.1) is 16.0 Å². The van der Waals surface area contributed by atoms with Crippen LogP contribution in [0.2, 0.25) is 0 Å². The zero-order chi connectivity index (χ0) is 12.1. The predicted octanol–water partition coefficient (Wildman–Crippen LogP) is 2.70. The highest BCUT2D eigenvalue weighted by atomic mass is 16.6. The Hall–Kier alpha value is -1.78. The maximum absolute atomic E-state index is 11.0. The number of benzene rings is 1. The van der Waals surface area contributed by atoms with Crippen LogP contribution in [0.25, 0.3) is 0 Å². The number of nitro benzene ring substituents is 1. The maximum atomic E-state index is 11.0. The van der Waals surface area contributed by atoms with Crippen molar-refractivity contribution in [1.29, 1.82) is 0 Å². The van der Waals surface area contributed by atoms with Gasteiger partial charge >= 0.3 is 5.69 Å². The highest BCUT2D eigenvalue weighted by Gasteiger charge is 2.18. The van der Waals surface area contributed by atoms with Crippen LogP contribution in [0.4, 0.5) is 17.1 Å². The summed E-state index contributed by atoms with van der Waals surface area (Å²) in [5, 5.41) is 16.9. The van der Waals surface area contributed by atoms with Crippen molar-refractivity contribution in [3.05, 3.63) is 28.3 Å². The molecule has 0 aliphatic carbocycles. The van der Waals surface area contributed by atoms with E-state index in [0.29, 0.717) is 23.8 Å². The molecule has 0 amide bonds. The van der Waals surface area contributed by atoms with Gasteiger partial charge in [-0.05, 0) is 18.1 Å². The van der Waals surface area contributed by atoms with Gasteiger partial charge in [-0.3, -0.25) is 10.1 Å². The minimum Gasteiger partial charge on any atom is -0.382 e. The summed E-state index contributed by atoms with van der Waals surface area (Å²) in [4.78, 5) is 10.6. The van der Waals surface area contributed by atoms with E-state index in [0.717, 1.165) is 0 Å². The summed E-state index contributed by atoms with van der Waals surface area (Å²) in [5.41, 5.74) is 1.19. The molecule has 2 N–H and O–H groups in total. The molecule has 0 radical (unpaired) electrons. The first-order valence-corrected chi connectivity index (χ1v) is 5.25. The van der Waals surface area contributed by atoms with E-state index in [1.165, 1.54) is 0 Å². The first-order valence-electron chi connectivity index (χ1n) is 5.25. The van der Waals surface area contributed by atoms with Crippen LogP contribution in [0.15, 0.2) is 18.2 Å². The molecule has 0 saturated heterocycles. The van der Waals surface area contributed by atoms with Gasteiger partial charge in [-0.15, -0.1) is 0 Å². The molecule has 0 bridgehead atoms. The van der Waals surface area contributed by atoms with Gasteiger partial charge in [-0.25, -0.2) is 0 Å². The fourth-order valence-electron chi connectivity index (χ4n) is 1.40. The minimum atomic E-state index is -0.367. The summed E-state index contributed by atoms with van der Waals surface area (Å²) in [6.07, 6.45) is 0. The Labute approximate surface area is 95.0 Å². The Kier molecular flexibility index (Phi) is 4.10. The van der Waals surface area contributed by atoms with Gasteiger partial charge in [0.05, 0.1) is 4.92 Å². The van der Waals surface area contributed by atoms with Crippen LogP contribution in [0.5, 0.6) is 0 Å². The van der Waals surface area contributed by atoms with Crippen LogP contribution in [0.3, 0.4) is 0 Å². The molecule has 1 rings (SSSR count). The standard InChI is InChI=1S/C11H17N3O2/c1-8(2)7-13-10-6-4-5-9(12-3)11(10)14(15)16/h4-6,8,12-13H,7H2,1-3H3. The smallest absolute Gasteiger partial charge is 0.315 e. The zero-order valence-corrected chi connectivity index (χ0v) is 9.78. The summed E-state index contributed by atoms with van der Waals surface area (Å²) in [5.74, 6) is 0.442. The number of rotatable bonds is 5. The molecular weight excluding hydrogens is 206 g/mol. The second kappa shape index (κ2) is 5.34. The van der Waals surface area contributed by atoms with Gasteiger partial charge in [-0.2, -0.15) is 0 Å². The van der Waals surface area contributed by atoms with E-state index in [-0.39, 0.29) is 10.6 Å². The maximum Gasteiger partial charge on any atom is 0.315 e. The molecule has 5 nitrogen and oxygen atoms in total. The molecule has 0 aliphatic rings. The van der Waals surface area contributed by atoms with Crippen molar-refractivity contribution in [2.45, 2.75) is 13.8 Å². The van der Waals surface area contributed by atoms with Crippen molar-refractivity contribution < 1.29 is 4.92 Å². The quantitative estimate of drug-likeness (QED) is 0.595. The van der Waals surface area contributed by atoms with Gasteiger partial charge in [0.2, 0.25) is 0 Å². The highest BCUT2D eigenvalue weighted by molar-refractivity contribution is 5.75. The second-order valence-electron chi connectivity index (χ2n) is 3.98. The normalized spacial score (nSPS) is 10.2. The van der Waals surface area contributed by atoms with E-state index < -0.39 is 0 Å². The zero-order valence-electron chi connectivity index (χ0n) is 9.78. The van der Waals surface area contributed by atoms with E-state index in [2.05, 4.69) is 24.5 Å². The number of hydrogen-bond donors (Lipinski definition) is 2. The number of anilines is 2. The van der Waals surface area contributed by atoms with Gasteiger partial charge in [0.1, 0.15) is 11.4 Å². The van der Waals surface area contributed by atoms with Gasteiger partial charge in [0, 0.05) is 13.6 Å². The lowest BCUT2D eigenvalue weighted by atomic mass is 10.2. The minimum absolute atomic E-state index is 0.102. The van der Waals surface area contributed by atoms with Crippen molar-refractivity contribution in [3.63, 3.8) is 0 Å². The molecular formula is C11H17N3O2. The molecule has 0 atom stereocenters. The van der Waals surface area contributed by atoms with Crippen molar-refractivity contribution in [2.75, 3.05) is 24.2 Å². The Morgan fingerprint density at radius 3 is 2.50 bits per heavy atom. The summed E-state index contributed by atoms with van der Waals surface area (Å²) in [7, 11) is 1.68. The van der Waals surface area contributed by atoms with Crippen LogP contribution in [-0.4, -0.2) is 18.5 Å². The van der Waals surface area contributed by atoms with Gasteiger partial charge < -0.3 is 10.6 Å². The first-order chi connectivity index (χ1) is 7.56. The highest BCUT2D eigenvalue weighted by Crippen LogP contribution is 2.32. The molecule has 1 aromatic rings. The molecule has 0 heterocycles. The first kappa shape index (κ1) is 12.3. The number of para-hydroxylation sites is 1. The molecule has 5 heteroatoms. The topological polar surface area (TPSA) is 67.2 Å². The van der Waals surface area contributed by atoms with E-state index in [4.69, 9.17) is 0 Å². The average Bonchev–Trinajstić information content (AvgIpc) is 2.25. The average molecular weight is 223 g/mol.